The van der Waals surface area contributed by atoms with Crippen LogP contribution >= 0.6 is 0 Å². The van der Waals surface area contributed by atoms with E-state index in [1.54, 1.807) is 12.4 Å². The summed E-state index contributed by atoms with van der Waals surface area (Å²) in [4.78, 5) is 13.1. The van der Waals surface area contributed by atoms with E-state index < -0.39 is 5.54 Å². The highest BCUT2D eigenvalue weighted by Crippen LogP contribution is 2.51. The van der Waals surface area contributed by atoms with Crippen molar-refractivity contribution in [3.63, 3.8) is 0 Å². The van der Waals surface area contributed by atoms with Crippen molar-refractivity contribution in [1.29, 1.82) is 0 Å². The Labute approximate surface area is 181 Å². The fraction of sp³-hybridized carbons (Fsp3) is 0.240. The van der Waals surface area contributed by atoms with Crippen molar-refractivity contribution >= 4 is 12.1 Å². The molecule has 1 unspecified atom stereocenters. The SMILES string of the molecule is CC(C)(C)/C=C/c1ccc2c(c1)C1(COC(N)=N1)c1cc(-c3cncnc3)ccc1O2. The molecule has 2 N–H and O–H groups in total. The number of ether oxygens (including phenoxy) is 2. The van der Waals surface area contributed by atoms with Crippen LogP contribution in [-0.4, -0.2) is 22.6 Å². The molecule has 2 aromatic carbocycles. The number of nitrogens with two attached hydrogens (primary N) is 1. The Hall–Kier alpha value is -3.67. The molecule has 1 atom stereocenters. The number of aliphatic imine (C=N–C) groups is 1. The highest BCUT2D eigenvalue weighted by Gasteiger charge is 2.47. The van der Waals surface area contributed by atoms with Gasteiger partial charge in [-0.15, -0.1) is 0 Å². The van der Waals surface area contributed by atoms with Crippen LogP contribution in [0.4, 0.5) is 0 Å². The molecule has 0 saturated heterocycles. The molecule has 0 fully saturated rings. The first-order chi connectivity index (χ1) is 14.8. The van der Waals surface area contributed by atoms with E-state index in [-0.39, 0.29) is 11.4 Å². The molecule has 0 bridgehead atoms. The van der Waals surface area contributed by atoms with E-state index in [1.807, 2.05) is 18.2 Å². The average Bonchev–Trinajstić information content (AvgIpc) is 3.15. The third-order valence-electron chi connectivity index (χ3n) is 5.49. The van der Waals surface area contributed by atoms with E-state index in [1.165, 1.54) is 6.33 Å². The zero-order valence-corrected chi connectivity index (χ0v) is 17.8. The molecule has 1 spiro atoms. The summed E-state index contributed by atoms with van der Waals surface area (Å²) < 4.78 is 12.0. The summed E-state index contributed by atoms with van der Waals surface area (Å²) in [5.74, 6) is 1.51. The third kappa shape index (κ3) is 3.44. The van der Waals surface area contributed by atoms with Crippen LogP contribution in [0.1, 0.15) is 37.5 Å². The van der Waals surface area contributed by atoms with Crippen molar-refractivity contribution in [3.05, 3.63) is 77.9 Å². The number of nitrogens with zero attached hydrogens (tertiary/aromatic N) is 3. The summed E-state index contributed by atoms with van der Waals surface area (Å²) in [6, 6.07) is 12.4. The molecule has 1 aromatic heterocycles. The number of hydrogen-bond donors (Lipinski definition) is 1. The van der Waals surface area contributed by atoms with Gasteiger partial charge in [0.2, 0.25) is 0 Å². The van der Waals surface area contributed by atoms with Gasteiger partial charge >= 0.3 is 0 Å². The molecule has 3 heterocycles. The number of hydrogen-bond acceptors (Lipinski definition) is 6. The van der Waals surface area contributed by atoms with Crippen LogP contribution in [0.5, 0.6) is 11.5 Å². The summed E-state index contributed by atoms with van der Waals surface area (Å²) in [7, 11) is 0. The molecule has 6 heteroatoms. The first kappa shape index (κ1) is 19.3. The predicted octanol–water partition coefficient (Wildman–Crippen LogP) is 4.90. The molecule has 31 heavy (non-hydrogen) atoms. The molecule has 5 rings (SSSR count). The summed E-state index contributed by atoms with van der Waals surface area (Å²) in [5.41, 5.74) is 10.2. The fourth-order valence-electron chi connectivity index (χ4n) is 3.95. The van der Waals surface area contributed by atoms with Gasteiger partial charge < -0.3 is 15.2 Å². The number of allylic oxidation sites excluding steroid dienone is 1. The first-order valence-corrected chi connectivity index (χ1v) is 10.2. The number of amidine groups is 1. The normalized spacial score (nSPS) is 19.5. The van der Waals surface area contributed by atoms with Gasteiger partial charge in [-0.2, -0.15) is 0 Å². The van der Waals surface area contributed by atoms with Crippen molar-refractivity contribution in [2.75, 3.05) is 6.61 Å². The average molecular weight is 412 g/mol. The van der Waals surface area contributed by atoms with E-state index in [2.05, 4.69) is 61.1 Å². The zero-order valence-electron chi connectivity index (χ0n) is 17.8. The monoisotopic (exact) mass is 412 g/mol. The zero-order chi connectivity index (χ0) is 21.6. The second-order valence-electron chi connectivity index (χ2n) is 8.99. The maximum atomic E-state index is 6.27. The Balaban J connectivity index is 1.67. The highest BCUT2D eigenvalue weighted by molar-refractivity contribution is 5.78. The summed E-state index contributed by atoms with van der Waals surface area (Å²) in [6.45, 7) is 6.84. The lowest BCUT2D eigenvalue weighted by molar-refractivity contribution is 0.264. The number of rotatable bonds is 2. The van der Waals surface area contributed by atoms with E-state index in [0.29, 0.717) is 6.61 Å². The second-order valence-corrected chi connectivity index (χ2v) is 8.99. The third-order valence-corrected chi connectivity index (χ3v) is 5.49. The fourth-order valence-corrected chi connectivity index (χ4v) is 3.95. The minimum Gasteiger partial charge on any atom is -0.462 e. The number of benzene rings is 2. The van der Waals surface area contributed by atoms with Crippen molar-refractivity contribution in [2.24, 2.45) is 16.1 Å². The molecule has 156 valence electrons. The second kappa shape index (κ2) is 6.94. The van der Waals surface area contributed by atoms with Gasteiger partial charge in [0, 0.05) is 29.1 Å². The minimum atomic E-state index is -0.760. The number of fused-ring (bicyclic) bond motifs is 4. The molecule has 0 aliphatic carbocycles. The maximum Gasteiger partial charge on any atom is 0.283 e. The minimum absolute atomic E-state index is 0.0857. The Kier molecular flexibility index (Phi) is 4.32. The van der Waals surface area contributed by atoms with Crippen LogP contribution < -0.4 is 10.5 Å². The van der Waals surface area contributed by atoms with Gasteiger partial charge in [0.1, 0.15) is 24.4 Å². The van der Waals surface area contributed by atoms with Gasteiger partial charge in [-0.1, -0.05) is 45.1 Å². The number of aromatic nitrogens is 2. The predicted molar refractivity (Wildman–Crippen MR) is 121 cm³/mol. The summed E-state index contributed by atoms with van der Waals surface area (Å²) in [5, 5.41) is 0. The van der Waals surface area contributed by atoms with Gasteiger partial charge in [0.25, 0.3) is 6.02 Å². The van der Waals surface area contributed by atoms with Crippen molar-refractivity contribution < 1.29 is 9.47 Å². The lowest BCUT2D eigenvalue weighted by Gasteiger charge is -2.34. The summed E-state index contributed by atoms with van der Waals surface area (Å²) >= 11 is 0. The Morgan fingerprint density at radius 1 is 0.968 bits per heavy atom. The molecule has 2 aliphatic heterocycles. The smallest absolute Gasteiger partial charge is 0.283 e. The van der Waals surface area contributed by atoms with Gasteiger partial charge in [0.05, 0.1) is 0 Å². The van der Waals surface area contributed by atoms with Crippen LogP contribution in [0.25, 0.3) is 17.2 Å². The first-order valence-electron chi connectivity index (χ1n) is 10.2. The lowest BCUT2D eigenvalue weighted by atomic mass is 9.80. The maximum absolute atomic E-state index is 6.27. The molecular formula is C25H24N4O2. The van der Waals surface area contributed by atoms with Crippen LogP contribution in [0.2, 0.25) is 0 Å². The van der Waals surface area contributed by atoms with E-state index in [9.17, 15) is 0 Å². The van der Waals surface area contributed by atoms with Crippen molar-refractivity contribution in [2.45, 2.75) is 26.3 Å². The van der Waals surface area contributed by atoms with Crippen molar-refractivity contribution in [3.8, 4) is 22.6 Å². The van der Waals surface area contributed by atoms with Crippen LogP contribution in [0.15, 0.2) is 66.2 Å². The largest absolute Gasteiger partial charge is 0.462 e. The molecule has 0 radical (unpaired) electrons. The topological polar surface area (TPSA) is 82.6 Å². The van der Waals surface area contributed by atoms with E-state index in [4.69, 9.17) is 20.2 Å². The molecule has 2 aliphatic rings. The molecule has 3 aromatic rings. The van der Waals surface area contributed by atoms with Gasteiger partial charge in [-0.25, -0.2) is 15.0 Å². The van der Waals surface area contributed by atoms with Crippen LogP contribution in [0.3, 0.4) is 0 Å². The van der Waals surface area contributed by atoms with Gasteiger partial charge in [-0.3, -0.25) is 0 Å². The summed E-state index contributed by atoms with van der Waals surface area (Å²) in [6.07, 6.45) is 9.42. The molecule has 0 amide bonds. The van der Waals surface area contributed by atoms with Gasteiger partial charge in [0.15, 0.2) is 5.54 Å². The van der Waals surface area contributed by atoms with E-state index in [0.717, 1.165) is 39.3 Å². The Morgan fingerprint density at radius 2 is 1.68 bits per heavy atom. The molecular weight excluding hydrogens is 388 g/mol. The Morgan fingerprint density at radius 3 is 2.35 bits per heavy atom. The molecule has 0 saturated carbocycles. The van der Waals surface area contributed by atoms with Crippen molar-refractivity contribution in [1.82, 2.24) is 9.97 Å². The van der Waals surface area contributed by atoms with Crippen LogP contribution in [0, 0.1) is 5.41 Å². The quantitative estimate of drug-likeness (QED) is 0.647. The van der Waals surface area contributed by atoms with Gasteiger partial charge in [-0.05, 0) is 40.8 Å². The van der Waals surface area contributed by atoms with Crippen LogP contribution in [-0.2, 0) is 10.3 Å². The van der Waals surface area contributed by atoms with E-state index >= 15 is 0 Å². The molecule has 6 nitrogen and oxygen atoms in total. The lowest BCUT2D eigenvalue weighted by Crippen LogP contribution is -2.31. The Bertz CT molecular complexity index is 1210. The standard InChI is InChI=1S/C25H24N4O2/c1-24(2,3)9-8-16-4-6-21-19(10-16)25(14-30-23(26)29-25)20-11-17(5-7-22(20)31-21)18-12-27-15-28-13-18/h4-13,15H,14H2,1-3H3,(H2,26,29)/b9-8+. The highest BCUT2D eigenvalue weighted by atomic mass is 16.5.